The lowest BCUT2D eigenvalue weighted by atomic mass is 10.0. The van der Waals surface area contributed by atoms with Crippen LogP contribution in [0.2, 0.25) is 0 Å². The first-order valence-corrected chi connectivity index (χ1v) is 7.15. The number of carbonyl (C=O) groups excluding carboxylic acids is 1. The maximum absolute atomic E-state index is 12.0. The van der Waals surface area contributed by atoms with Crippen molar-refractivity contribution in [2.24, 2.45) is 5.41 Å². The van der Waals surface area contributed by atoms with Gasteiger partial charge < -0.3 is 5.32 Å². The van der Waals surface area contributed by atoms with Gasteiger partial charge in [-0.1, -0.05) is 24.3 Å². The van der Waals surface area contributed by atoms with Crippen LogP contribution in [0.4, 0.5) is 0 Å². The first-order valence-electron chi connectivity index (χ1n) is 6.52. The van der Waals surface area contributed by atoms with E-state index in [2.05, 4.69) is 37.0 Å². The SMILES string of the molecule is Cc1ccccc1C(C)NC(=O)CC1(CS)CC1. The Bertz CT molecular complexity index is 440. The van der Waals surface area contributed by atoms with Gasteiger partial charge in [-0.3, -0.25) is 4.79 Å². The highest BCUT2D eigenvalue weighted by Gasteiger charge is 2.42. The smallest absolute Gasteiger partial charge is 0.221 e. The monoisotopic (exact) mass is 263 g/mol. The van der Waals surface area contributed by atoms with Crippen LogP contribution in [-0.2, 0) is 4.79 Å². The summed E-state index contributed by atoms with van der Waals surface area (Å²) < 4.78 is 0. The number of rotatable bonds is 5. The van der Waals surface area contributed by atoms with E-state index < -0.39 is 0 Å². The van der Waals surface area contributed by atoms with Gasteiger partial charge in [-0.2, -0.15) is 12.6 Å². The summed E-state index contributed by atoms with van der Waals surface area (Å²) in [4.78, 5) is 12.0. The van der Waals surface area contributed by atoms with Crippen LogP contribution < -0.4 is 5.32 Å². The third kappa shape index (κ3) is 3.08. The summed E-state index contributed by atoms with van der Waals surface area (Å²) in [5, 5.41) is 3.09. The maximum Gasteiger partial charge on any atom is 0.221 e. The quantitative estimate of drug-likeness (QED) is 0.784. The Balaban J connectivity index is 1.93. The lowest BCUT2D eigenvalue weighted by molar-refractivity contribution is -0.122. The predicted octanol–water partition coefficient (Wildman–Crippen LogP) is 3.27. The van der Waals surface area contributed by atoms with Crippen LogP contribution in [0.3, 0.4) is 0 Å². The van der Waals surface area contributed by atoms with E-state index in [4.69, 9.17) is 0 Å². The predicted molar refractivity (Wildman–Crippen MR) is 77.9 cm³/mol. The minimum Gasteiger partial charge on any atom is -0.350 e. The van der Waals surface area contributed by atoms with Crippen molar-refractivity contribution in [1.29, 1.82) is 0 Å². The molecule has 1 aliphatic carbocycles. The molecule has 1 atom stereocenters. The number of hydrogen-bond donors (Lipinski definition) is 2. The molecule has 0 saturated heterocycles. The maximum atomic E-state index is 12.0. The molecule has 1 unspecified atom stereocenters. The van der Waals surface area contributed by atoms with Gasteiger partial charge >= 0.3 is 0 Å². The molecule has 1 saturated carbocycles. The van der Waals surface area contributed by atoms with Gasteiger partial charge in [0.05, 0.1) is 6.04 Å². The number of benzene rings is 1. The summed E-state index contributed by atoms with van der Waals surface area (Å²) >= 11 is 4.34. The number of nitrogens with one attached hydrogen (secondary N) is 1. The van der Waals surface area contributed by atoms with Crippen molar-refractivity contribution < 1.29 is 4.79 Å². The van der Waals surface area contributed by atoms with E-state index in [-0.39, 0.29) is 17.4 Å². The fraction of sp³-hybridized carbons (Fsp3) is 0.533. The molecule has 1 fully saturated rings. The van der Waals surface area contributed by atoms with Crippen molar-refractivity contribution in [3.63, 3.8) is 0 Å². The summed E-state index contributed by atoms with van der Waals surface area (Å²) in [5.41, 5.74) is 2.61. The molecule has 0 bridgehead atoms. The van der Waals surface area contributed by atoms with E-state index in [9.17, 15) is 4.79 Å². The second-order valence-corrected chi connectivity index (χ2v) is 5.80. The van der Waals surface area contributed by atoms with Crippen molar-refractivity contribution in [2.45, 2.75) is 39.2 Å². The average molecular weight is 263 g/mol. The summed E-state index contributed by atoms with van der Waals surface area (Å²) in [6.07, 6.45) is 2.90. The molecular weight excluding hydrogens is 242 g/mol. The normalized spacial score (nSPS) is 18.2. The van der Waals surface area contributed by atoms with Gasteiger partial charge in [0.1, 0.15) is 0 Å². The molecule has 0 radical (unpaired) electrons. The van der Waals surface area contributed by atoms with E-state index in [1.807, 2.05) is 19.1 Å². The average Bonchev–Trinajstić information content (AvgIpc) is 3.09. The molecule has 1 aromatic carbocycles. The molecule has 3 heteroatoms. The first-order chi connectivity index (χ1) is 8.56. The van der Waals surface area contributed by atoms with Crippen molar-refractivity contribution in [2.75, 3.05) is 5.75 Å². The van der Waals surface area contributed by atoms with Gasteiger partial charge in [-0.05, 0) is 49.0 Å². The zero-order valence-electron chi connectivity index (χ0n) is 11.1. The van der Waals surface area contributed by atoms with Crippen LogP contribution in [0.5, 0.6) is 0 Å². The summed E-state index contributed by atoms with van der Waals surface area (Å²) in [6, 6.07) is 8.27. The van der Waals surface area contributed by atoms with Crippen molar-refractivity contribution in [1.82, 2.24) is 5.32 Å². The number of carbonyl (C=O) groups is 1. The van der Waals surface area contributed by atoms with Crippen LogP contribution in [0.1, 0.15) is 43.4 Å². The molecule has 98 valence electrons. The summed E-state index contributed by atoms with van der Waals surface area (Å²) in [7, 11) is 0. The first kappa shape index (κ1) is 13.5. The van der Waals surface area contributed by atoms with Crippen LogP contribution in [-0.4, -0.2) is 11.7 Å². The molecule has 0 spiro atoms. The molecule has 2 rings (SSSR count). The lowest BCUT2D eigenvalue weighted by Gasteiger charge is -2.18. The largest absolute Gasteiger partial charge is 0.350 e. The topological polar surface area (TPSA) is 29.1 Å². The molecular formula is C15H21NOS. The van der Waals surface area contributed by atoms with Gasteiger partial charge in [-0.25, -0.2) is 0 Å². The van der Waals surface area contributed by atoms with Gasteiger partial charge in [0.2, 0.25) is 5.91 Å². The fourth-order valence-electron chi connectivity index (χ4n) is 2.35. The lowest BCUT2D eigenvalue weighted by Crippen LogP contribution is -2.29. The minimum absolute atomic E-state index is 0.0782. The molecule has 1 amide bonds. The number of amides is 1. The van der Waals surface area contributed by atoms with E-state index in [1.165, 1.54) is 11.1 Å². The van der Waals surface area contributed by atoms with Gasteiger partial charge in [0.25, 0.3) is 0 Å². The van der Waals surface area contributed by atoms with Crippen LogP contribution in [0.15, 0.2) is 24.3 Å². The Kier molecular flexibility index (Phi) is 4.00. The summed E-state index contributed by atoms with van der Waals surface area (Å²) in [5.74, 6) is 0.969. The Morgan fingerprint density at radius 3 is 2.67 bits per heavy atom. The molecule has 18 heavy (non-hydrogen) atoms. The third-order valence-corrected chi connectivity index (χ3v) is 4.53. The van der Waals surface area contributed by atoms with Gasteiger partial charge in [-0.15, -0.1) is 0 Å². The van der Waals surface area contributed by atoms with E-state index in [0.29, 0.717) is 6.42 Å². The molecule has 0 aromatic heterocycles. The fourth-order valence-corrected chi connectivity index (χ4v) is 2.78. The Morgan fingerprint density at radius 2 is 2.11 bits per heavy atom. The minimum atomic E-state index is 0.0782. The standard InChI is InChI=1S/C15H21NOS/c1-11-5-3-4-6-13(11)12(2)16-14(17)9-15(10-18)7-8-15/h3-6,12,18H,7-10H2,1-2H3,(H,16,17). The molecule has 0 heterocycles. The zero-order valence-corrected chi connectivity index (χ0v) is 12.0. The van der Waals surface area contributed by atoms with Gasteiger partial charge in [0.15, 0.2) is 0 Å². The molecule has 1 N–H and O–H groups in total. The highest BCUT2D eigenvalue weighted by atomic mass is 32.1. The molecule has 0 aliphatic heterocycles. The van der Waals surface area contributed by atoms with Crippen molar-refractivity contribution in [3.05, 3.63) is 35.4 Å². The van der Waals surface area contributed by atoms with Crippen molar-refractivity contribution >= 4 is 18.5 Å². The van der Waals surface area contributed by atoms with E-state index in [0.717, 1.165) is 18.6 Å². The highest BCUT2D eigenvalue weighted by molar-refractivity contribution is 7.80. The van der Waals surface area contributed by atoms with Gasteiger partial charge in [0, 0.05) is 6.42 Å². The number of thiol groups is 1. The van der Waals surface area contributed by atoms with Crippen LogP contribution in [0, 0.1) is 12.3 Å². The second kappa shape index (κ2) is 5.35. The third-order valence-electron chi connectivity index (χ3n) is 3.86. The molecule has 1 aliphatic rings. The number of aryl methyl sites for hydroxylation is 1. The van der Waals surface area contributed by atoms with E-state index in [1.54, 1.807) is 0 Å². The Hall–Kier alpha value is -0.960. The molecule has 2 nitrogen and oxygen atoms in total. The Morgan fingerprint density at radius 1 is 1.44 bits per heavy atom. The zero-order chi connectivity index (χ0) is 13.2. The van der Waals surface area contributed by atoms with Crippen molar-refractivity contribution in [3.8, 4) is 0 Å². The van der Waals surface area contributed by atoms with Crippen LogP contribution in [0.25, 0.3) is 0 Å². The highest BCUT2D eigenvalue weighted by Crippen LogP contribution is 2.49. The Labute approximate surface area is 115 Å². The second-order valence-electron chi connectivity index (χ2n) is 5.48. The molecule has 1 aromatic rings. The van der Waals surface area contributed by atoms with E-state index >= 15 is 0 Å². The van der Waals surface area contributed by atoms with Crippen LogP contribution >= 0.6 is 12.6 Å². The summed E-state index contributed by atoms with van der Waals surface area (Å²) in [6.45, 7) is 4.12. The number of hydrogen-bond acceptors (Lipinski definition) is 2.